The van der Waals surface area contributed by atoms with Crippen molar-refractivity contribution >= 4 is 17.5 Å². The average molecular weight is 356 g/mol. The van der Waals surface area contributed by atoms with Gasteiger partial charge in [0, 0.05) is 32.1 Å². The Bertz CT molecular complexity index is 830. The Kier molecular flexibility index (Phi) is 5.06. The van der Waals surface area contributed by atoms with E-state index in [1.165, 1.54) is 0 Å². The van der Waals surface area contributed by atoms with Crippen molar-refractivity contribution in [1.29, 1.82) is 0 Å². The first-order valence-corrected chi connectivity index (χ1v) is 8.83. The Hall–Kier alpha value is -2.70. The smallest absolute Gasteiger partial charge is 0.246 e. The van der Waals surface area contributed by atoms with Crippen LogP contribution in [0.3, 0.4) is 0 Å². The third kappa shape index (κ3) is 3.47. The van der Waals surface area contributed by atoms with E-state index >= 15 is 0 Å². The molecular weight excluding hydrogens is 332 g/mol. The highest BCUT2D eigenvalue weighted by Crippen LogP contribution is 2.30. The SMILES string of the molecule is CCc1noc(CN(C)C(=O)[C@H]2CC(=O)N(c3cccc(C)c3C)C2)n1. The number of hydrogen-bond donors (Lipinski definition) is 0. The van der Waals surface area contributed by atoms with Crippen LogP contribution < -0.4 is 4.90 Å². The minimum absolute atomic E-state index is 0.0171. The van der Waals surface area contributed by atoms with E-state index < -0.39 is 0 Å². The molecule has 2 amide bonds. The predicted molar refractivity (Wildman–Crippen MR) is 96.5 cm³/mol. The lowest BCUT2D eigenvalue weighted by Crippen LogP contribution is -2.34. The molecule has 0 radical (unpaired) electrons. The molecule has 1 aliphatic rings. The van der Waals surface area contributed by atoms with Gasteiger partial charge in [0.1, 0.15) is 0 Å². The number of nitrogens with zero attached hydrogens (tertiary/aromatic N) is 4. The first-order chi connectivity index (χ1) is 12.4. The summed E-state index contributed by atoms with van der Waals surface area (Å²) in [5.41, 5.74) is 3.09. The predicted octanol–water partition coefficient (Wildman–Crippen LogP) is 2.26. The van der Waals surface area contributed by atoms with Crippen molar-refractivity contribution in [2.45, 2.75) is 40.2 Å². The molecular formula is C19H24N4O3. The summed E-state index contributed by atoms with van der Waals surface area (Å²) in [6.45, 7) is 6.61. The van der Waals surface area contributed by atoms with Crippen LogP contribution in [0.2, 0.25) is 0 Å². The summed E-state index contributed by atoms with van der Waals surface area (Å²) in [7, 11) is 1.70. The summed E-state index contributed by atoms with van der Waals surface area (Å²) >= 11 is 0. The van der Waals surface area contributed by atoms with Crippen molar-refractivity contribution in [3.63, 3.8) is 0 Å². The Labute approximate surface area is 153 Å². The van der Waals surface area contributed by atoms with Gasteiger partial charge in [-0.25, -0.2) is 0 Å². The Balaban J connectivity index is 1.69. The van der Waals surface area contributed by atoms with Gasteiger partial charge < -0.3 is 14.3 Å². The number of carbonyl (C=O) groups excluding carboxylic acids is 2. The number of anilines is 1. The standard InChI is InChI=1S/C19H24N4O3/c1-5-16-20-17(26-21-16)11-22(4)19(25)14-9-18(24)23(10-14)15-8-6-7-12(2)13(15)3/h6-8,14H,5,9-11H2,1-4H3/t14-/m0/s1. The van der Waals surface area contributed by atoms with E-state index in [0.29, 0.717) is 24.7 Å². The van der Waals surface area contributed by atoms with E-state index in [2.05, 4.69) is 10.1 Å². The zero-order chi connectivity index (χ0) is 18.8. The summed E-state index contributed by atoms with van der Waals surface area (Å²) in [4.78, 5) is 32.8. The highest BCUT2D eigenvalue weighted by molar-refractivity contribution is 6.00. The van der Waals surface area contributed by atoms with E-state index in [4.69, 9.17) is 4.52 Å². The largest absolute Gasteiger partial charge is 0.337 e. The number of aromatic nitrogens is 2. The van der Waals surface area contributed by atoms with E-state index in [1.54, 1.807) is 16.8 Å². The maximum absolute atomic E-state index is 12.8. The lowest BCUT2D eigenvalue weighted by molar-refractivity contribution is -0.135. The van der Waals surface area contributed by atoms with Crippen LogP contribution in [0.1, 0.15) is 36.2 Å². The summed E-state index contributed by atoms with van der Waals surface area (Å²) in [6.07, 6.45) is 0.906. The van der Waals surface area contributed by atoms with Crippen LogP contribution in [0.15, 0.2) is 22.7 Å². The van der Waals surface area contributed by atoms with Crippen molar-refractivity contribution in [2.75, 3.05) is 18.5 Å². The third-order valence-electron chi connectivity index (χ3n) is 4.92. The molecule has 2 heterocycles. The zero-order valence-corrected chi connectivity index (χ0v) is 15.7. The van der Waals surface area contributed by atoms with Crippen molar-refractivity contribution in [1.82, 2.24) is 15.0 Å². The van der Waals surface area contributed by atoms with E-state index in [1.807, 2.05) is 39.0 Å². The number of carbonyl (C=O) groups is 2. The van der Waals surface area contributed by atoms with Crippen LogP contribution in [0.5, 0.6) is 0 Å². The number of aryl methyl sites for hydroxylation is 2. The summed E-state index contributed by atoms with van der Waals surface area (Å²) in [5, 5.41) is 3.84. The molecule has 0 N–H and O–H groups in total. The minimum Gasteiger partial charge on any atom is -0.337 e. The molecule has 1 saturated heterocycles. The quantitative estimate of drug-likeness (QED) is 0.821. The number of amides is 2. The van der Waals surface area contributed by atoms with Gasteiger partial charge in [0.25, 0.3) is 0 Å². The van der Waals surface area contributed by atoms with Crippen molar-refractivity contribution in [2.24, 2.45) is 5.92 Å². The topological polar surface area (TPSA) is 79.5 Å². The van der Waals surface area contributed by atoms with Gasteiger partial charge in [0.05, 0.1) is 12.5 Å². The van der Waals surface area contributed by atoms with Crippen molar-refractivity contribution in [3.8, 4) is 0 Å². The van der Waals surface area contributed by atoms with Crippen LogP contribution in [0, 0.1) is 19.8 Å². The normalized spacial score (nSPS) is 17.0. The average Bonchev–Trinajstić information content (AvgIpc) is 3.23. The van der Waals surface area contributed by atoms with Gasteiger partial charge in [0.2, 0.25) is 17.7 Å². The first-order valence-electron chi connectivity index (χ1n) is 8.83. The van der Waals surface area contributed by atoms with E-state index in [9.17, 15) is 9.59 Å². The van der Waals surface area contributed by atoms with Crippen LogP contribution in [-0.4, -0.2) is 40.4 Å². The Morgan fingerprint density at radius 3 is 2.85 bits per heavy atom. The van der Waals surface area contributed by atoms with Gasteiger partial charge in [-0.3, -0.25) is 9.59 Å². The molecule has 0 unspecified atom stereocenters. The molecule has 0 bridgehead atoms. The minimum atomic E-state index is -0.360. The van der Waals surface area contributed by atoms with Crippen LogP contribution >= 0.6 is 0 Å². The fraction of sp³-hybridized carbons (Fsp3) is 0.474. The molecule has 26 heavy (non-hydrogen) atoms. The number of benzene rings is 1. The fourth-order valence-corrected chi connectivity index (χ4v) is 3.22. The molecule has 7 heteroatoms. The molecule has 1 atom stereocenters. The third-order valence-corrected chi connectivity index (χ3v) is 4.92. The molecule has 1 fully saturated rings. The molecule has 1 aromatic heterocycles. The molecule has 0 spiro atoms. The second-order valence-electron chi connectivity index (χ2n) is 6.78. The summed E-state index contributed by atoms with van der Waals surface area (Å²) in [6, 6.07) is 5.89. The second kappa shape index (κ2) is 7.27. The van der Waals surface area contributed by atoms with Crippen molar-refractivity contribution in [3.05, 3.63) is 41.0 Å². The molecule has 138 valence electrons. The molecule has 7 nitrogen and oxygen atoms in total. The van der Waals surface area contributed by atoms with E-state index in [0.717, 1.165) is 16.8 Å². The lowest BCUT2D eigenvalue weighted by atomic mass is 10.1. The maximum atomic E-state index is 12.8. The van der Waals surface area contributed by atoms with Crippen LogP contribution in [0.4, 0.5) is 5.69 Å². The molecule has 0 saturated carbocycles. The second-order valence-corrected chi connectivity index (χ2v) is 6.78. The van der Waals surface area contributed by atoms with Crippen LogP contribution in [0.25, 0.3) is 0 Å². The van der Waals surface area contributed by atoms with Gasteiger partial charge >= 0.3 is 0 Å². The number of hydrogen-bond acceptors (Lipinski definition) is 5. The van der Waals surface area contributed by atoms with Gasteiger partial charge in [-0.15, -0.1) is 0 Å². The monoisotopic (exact) mass is 356 g/mol. The molecule has 2 aromatic rings. The van der Waals surface area contributed by atoms with Gasteiger partial charge in [0.15, 0.2) is 5.82 Å². The maximum Gasteiger partial charge on any atom is 0.246 e. The van der Waals surface area contributed by atoms with E-state index in [-0.39, 0.29) is 30.7 Å². The zero-order valence-electron chi connectivity index (χ0n) is 15.7. The molecule has 1 aliphatic heterocycles. The Morgan fingerprint density at radius 1 is 1.38 bits per heavy atom. The highest BCUT2D eigenvalue weighted by atomic mass is 16.5. The molecule has 0 aliphatic carbocycles. The van der Waals surface area contributed by atoms with Gasteiger partial charge in [-0.1, -0.05) is 24.2 Å². The number of rotatable bonds is 5. The highest BCUT2D eigenvalue weighted by Gasteiger charge is 2.37. The molecule has 1 aromatic carbocycles. The fourth-order valence-electron chi connectivity index (χ4n) is 3.22. The van der Waals surface area contributed by atoms with Gasteiger partial charge in [-0.2, -0.15) is 4.98 Å². The van der Waals surface area contributed by atoms with Crippen molar-refractivity contribution < 1.29 is 14.1 Å². The lowest BCUT2D eigenvalue weighted by Gasteiger charge is -2.22. The van der Waals surface area contributed by atoms with Gasteiger partial charge in [-0.05, 0) is 31.0 Å². The Morgan fingerprint density at radius 2 is 2.15 bits per heavy atom. The first kappa shape index (κ1) is 18.1. The van der Waals surface area contributed by atoms with Crippen LogP contribution in [-0.2, 0) is 22.6 Å². The summed E-state index contributed by atoms with van der Waals surface area (Å²) in [5.74, 6) is 0.575. The summed E-state index contributed by atoms with van der Waals surface area (Å²) < 4.78 is 5.15. The molecule has 3 rings (SSSR count).